The summed E-state index contributed by atoms with van der Waals surface area (Å²) in [5.74, 6) is 0.0518. The summed E-state index contributed by atoms with van der Waals surface area (Å²) in [6, 6.07) is 9.70. The lowest BCUT2D eigenvalue weighted by Crippen LogP contribution is -2.24. The molecule has 0 unspecified atom stereocenters. The quantitative estimate of drug-likeness (QED) is 0.885. The first-order chi connectivity index (χ1) is 11.4. The molecule has 0 aliphatic rings. The van der Waals surface area contributed by atoms with Crippen LogP contribution in [0.3, 0.4) is 0 Å². The minimum absolute atomic E-state index is 0.127. The lowest BCUT2D eigenvalue weighted by Gasteiger charge is -2.07. The fraction of sp³-hybridized carbons (Fsp3) is 0.421. The Bertz CT molecular complexity index is 718. The number of hydrogen-bond donors (Lipinski definition) is 1. The smallest absolute Gasteiger partial charge is 0.247 e. The molecule has 0 bridgehead atoms. The van der Waals surface area contributed by atoms with E-state index >= 15 is 0 Å². The zero-order valence-corrected chi connectivity index (χ0v) is 14.8. The summed E-state index contributed by atoms with van der Waals surface area (Å²) in [5.41, 5.74) is 3.90. The minimum atomic E-state index is -0.141. The second-order valence-corrected chi connectivity index (χ2v) is 6.31. The molecule has 0 saturated heterocycles. The van der Waals surface area contributed by atoms with Gasteiger partial charge in [0.25, 0.3) is 0 Å². The monoisotopic (exact) mass is 327 g/mol. The van der Waals surface area contributed by atoms with Gasteiger partial charge < -0.3 is 5.32 Å². The predicted octanol–water partition coefficient (Wildman–Crippen LogP) is 3.36. The van der Waals surface area contributed by atoms with Crippen molar-refractivity contribution in [1.82, 2.24) is 15.1 Å². The normalized spacial score (nSPS) is 10.9. The molecule has 0 radical (unpaired) electrons. The first kappa shape index (κ1) is 17.9. The molecule has 0 atom stereocenters. The third kappa shape index (κ3) is 4.31. The molecule has 24 heavy (non-hydrogen) atoms. The van der Waals surface area contributed by atoms with E-state index in [1.807, 2.05) is 44.2 Å². The van der Waals surface area contributed by atoms with Crippen LogP contribution in [0.15, 0.2) is 30.3 Å². The van der Waals surface area contributed by atoms with Crippen molar-refractivity contribution in [3.8, 4) is 0 Å². The van der Waals surface area contributed by atoms with E-state index in [1.165, 1.54) is 4.68 Å². The Morgan fingerprint density at radius 3 is 2.38 bits per heavy atom. The second-order valence-electron chi connectivity index (χ2n) is 6.31. The van der Waals surface area contributed by atoms with E-state index in [0.717, 1.165) is 22.5 Å². The largest absolute Gasteiger partial charge is 0.352 e. The Morgan fingerprint density at radius 1 is 1.12 bits per heavy atom. The van der Waals surface area contributed by atoms with Gasteiger partial charge in [-0.2, -0.15) is 5.10 Å². The summed E-state index contributed by atoms with van der Waals surface area (Å²) in [6.07, 6.45) is 0.321. The average Bonchev–Trinajstić information content (AvgIpc) is 2.86. The molecule has 0 spiro atoms. The van der Waals surface area contributed by atoms with E-state index in [9.17, 15) is 9.59 Å². The van der Waals surface area contributed by atoms with E-state index < -0.39 is 0 Å². The molecule has 0 aliphatic carbocycles. The van der Waals surface area contributed by atoms with Gasteiger partial charge in [-0.05, 0) is 30.9 Å². The topological polar surface area (TPSA) is 64.0 Å². The fourth-order valence-electron chi connectivity index (χ4n) is 2.94. The van der Waals surface area contributed by atoms with Crippen molar-refractivity contribution in [2.45, 2.75) is 53.0 Å². The molecule has 2 rings (SSSR count). The fourth-order valence-corrected chi connectivity index (χ4v) is 2.94. The SMILES string of the molecule is Cc1nn(C(=O)CCC(=O)NCc2ccccc2)c(C)c1C(C)C. The summed E-state index contributed by atoms with van der Waals surface area (Å²) in [6.45, 7) is 8.47. The van der Waals surface area contributed by atoms with E-state index in [1.54, 1.807) is 0 Å². The maximum Gasteiger partial charge on any atom is 0.247 e. The Hall–Kier alpha value is -2.43. The maximum atomic E-state index is 12.4. The Morgan fingerprint density at radius 2 is 1.79 bits per heavy atom. The molecule has 5 heteroatoms. The highest BCUT2D eigenvalue weighted by molar-refractivity contribution is 5.85. The lowest BCUT2D eigenvalue weighted by molar-refractivity contribution is -0.121. The van der Waals surface area contributed by atoms with Gasteiger partial charge in [-0.25, -0.2) is 4.68 Å². The summed E-state index contributed by atoms with van der Waals surface area (Å²) in [5, 5.41) is 7.17. The van der Waals surface area contributed by atoms with Crippen LogP contribution in [0.5, 0.6) is 0 Å². The van der Waals surface area contributed by atoms with E-state index in [2.05, 4.69) is 24.3 Å². The Balaban J connectivity index is 1.89. The van der Waals surface area contributed by atoms with E-state index in [4.69, 9.17) is 0 Å². The van der Waals surface area contributed by atoms with Gasteiger partial charge in [-0.15, -0.1) is 0 Å². The minimum Gasteiger partial charge on any atom is -0.352 e. The first-order valence-electron chi connectivity index (χ1n) is 8.30. The van der Waals surface area contributed by atoms with Gasteiger partial charge in [0.2, 0.25) is 11.8 Å². The highest BCUT2D eigenvalue weighted by Crippen LogP contribution is 2.22. The Labute approximate surface area is 143 Å². The molecule has 5 nitrogen and oxygen atoms in total. The van der Waals surface area contributed by atoms with Crippen LogP contribution in [-0.4, -0.2) is 21.6 Å². The summed E-state index contributed by atoms with van der Waals surface area (Å²) >= 11 is 0. The maximum absolute atomic E-state index is 12.4. The number of benzene rings is 1. The number of rotatable bonds is 6. The van der Waals surface area contributed by atoms with Gasteiger partial charge >= 0.3 is 0 Å². The molecule has 2 aromatic rings. The molecule has 0 aliphatic heterocycles. The van der Waals surface area contributed by atoms with Crippen molar-refractivity contribution in [2.75, 3.05) is 0 Å². The zero-order chi connectivity index (χ0) is 17.7. The third-order valence-corrected chi connectivity index (χ3v) is 4.06. The second kappa shape index (κ2) is 7.90. The van der Waals surface area contributed by atoms with Crippen LogP contribution in [-0.2, 0) is 11.3 Å². The van der Waals surface area contributed by atoms with Crippen LogP contribution < -0.4 is 5.32 Å². The van der Waals surface area contributed by atoms with Crippen LogP contribution in [0.25, 0.3) is 0 Å². The van der Waals surface area contributed by atoms with Crippen LogP contribution in [0.1, 0.15) is 59.9 Å². The number of carbonyl (C=O) groups excluding carboxylic acids is 2. The summed E-state index contributed by atoms with van der Waals surface area (Å²) in [4.78, 5) is 24.3. The van der Waals surface area contributed by atoms with Gasteiger partial charge in [0, 0.05) is 25.1 Å². The number of amides is 1. The number of aromatic nitrogens is 2. The predicted molar refractivity (Wildman–Crippen MR) is 93.9 cm³/mol. The van der Waals surface area contributed by atoms with Crippen LogP contribution >= 0.6 is 0 Å². The Kier molecular flexibility index (Phi) is 5.90. The number of nitrogens with zero attached hydrogens (tertiary/aromatic N) is 2. The van der Waals surface area contributed by atoms with Crippen molar-refractivity contribution in [1.29, 1.82) is 0 Å². The van der Waals surface area contributed by atoms with E-state index in [0.29, 0.717) is 12.5 Å². The molecule has 0 saturated carbocycles. The van der Waals surface area contributed by atoms with Gasteiger partial charge in [0.1, 0.15) is 0 Å². The van der Waals surface area contributed by atoms with Crippen molar-refractivity contribution in [2.24, 2.45) is 0 Å². The molecule has 128 valence electrons. The van der Waals surface area contributed by atoms with Gasteiger partial charge in [0.05, 0.1) is 5.69 Å². The molecule has 1 heterocycles. The molecule has 1 aromatic heterocycles. The molecule has 1 N–H and O–H groups in total. The van der Waals surface area contributed by atoms with E-state index in [-0.39, 0.29) is 24.7 Å². The standard InChI is InChI=1S/C19H25N3O2/c1-13(2)19-14(3)21-22(15(19)4)18(24)11-10-17(23)20-12-16-8-6-5-7-9-16/h5-9,13H,10-12H2,1-4H3,(H,20,23). The highest BCUT2D eigenvalue weighted by atomic mass is 16.2. The molecule has 0 fully saturated rings. The van der Waals surface area contributed by atoms with Crippen molar-refractivity contribution < 1.29 is 9.59 Å². The van der Waals surface area contributed by atoms with Crippen molar-refractivity contribution >= 4 is 11.8 Å². The van der Waals surface area contributed by atoms with Crippen molar-refractivity contribution in [3.05, 3.63) is 52.8 Å². The number of carbonyl (C=O) groups is 2. The molecular formula is C19H25N3O2. The van der Waals surface area contributed by atoms with Gasteiger partial charge in [-0.3, -0.25) is 9.59 Å². The van der Waals surface area contributed by atoms with Crippen LogP contribution in [0.4, 0.5) is 0 Å². The van der Waals surface area contributed by atoms with Crippen molar-refractivity contribution in [3.63, 3.8) is 0 Å². The summed E-state index contributed by atoms with van der Waals surface area (Å²) < 4.78 is 1.44. The van der Waals surface area contributed by atoms with Gasteiger partial charge in [-0.1, -0.05) is 44.2 Å². The van der Waals surface area contributed by atoms with Gasteiger partial charge in [0.15, 0.2) is 0 Å². The van der Waals surface area contributed by atoms with Crippen LogP contribution in [0, 0.1) is 13.8 Å². The third-order valence-electron chi connectivity index (χ3n) is 4.06. The lowest BCUT2D eigenvalue weighted by atomic mass is 10.0. The molecule has 1 aromatic carbocycles. The number of nitrogens with one attached hydrogen (secondary N) is 1. The highest BCUT2D eigenvalue weighted by Gasteiger charge is 2.19. The zero-order valence-electron chi connectivity index (χ0n) is 14.8. The summed E-state index contributed by atoms with van der Waals surface area (Å²) in [7, 11) is 0. The van der Waals surface area contributed by atoms with Crippen LogP contribution in [0.2, 0.25) is 0 Å². The number of aryl methyl sites for hydroxylation is 1. The average molecular weight is 327 g/mol. The first-order valence-corrected chi connectivity index (χ1v) is 8.30. The molecule has 1 amide bonds. The number of hydrogen-bond acceptors (Lipinski definition) is 3. The molecular weight excluding hydrogens is 302 g/mol.